The number of nitrogens with zero attached hydrogens (tertiary/aromatic N) is 3. The van der Waals surface area contributed by atoms with Crippen LogP contribution in [0, 0.1) is 0 Å². The number of anilines is 1. The van der Waals surface area contributed by atoms with Gasteiger partial charge in [-0.15, -0.1) is 0 Å². The van der Waals surface area contributed by atoms with Crippen LogP contribution in [-0.4, -0.2) is 39.7 Å². The first-order valence-corrected chi connectivity index (χ1v) is 6.45. The molecular weight excluding hydrogens is 272 g/mol. The number of aromatic nitrogens is 2. The molecule has 1 heterocycles. The highest BCUT2D eigenvalue weighted by atomic mass is 16.4. The number of urea groups is 1. The quantitative estimate of drug-likeness (QED) is 0.835. The minimum atomic E-state index is -1.07. The molecule has 2 N–H and O–H groups in total. The first-order chi connectivity index (χ1) is 10.2. The van der Waals surface area contributed by atoms with Crippen molar-refractivity contribution in [2.75, 3.05) is 18.0 Å². The summed E-state index contributed by atoms with van der Waals surface area (Å²) in [6, 6.07) is 8.26. The summed E-state index contributed by atoms with van der Waals surface area (Å²) in [6.07, 6.45) is 5.10. The number of benzene rings is 1. The van der Waals surface area contributed by atoms with Crippen molar-refractivity contribution in [3.63, 3.8) is 0 Å². The van der Waals surface area contributed by atoms with E-state index in [4.69, 9.17) is 5.11 Å². The molecule has 0 aliphatic carbocycles. The van der Waals surface area contributed by atoms with Gasteiger partial charge in [0.25, 0.3) is 0 Å². The Morgan fingerprint density at radius 1 is 1.29 bits per heavy atom. The summed E-state index contributed by atoms with van der Waals surface area (Å²) in [7, 11) is 0. The normalized spacial score (nSPS) is 10.1. The van der Waals surface area contributed by atoms with Crippen LogP contribution in [0.15, 0.2) is 49.1 Å². The van der Waals surface area contributed by atoms with Crippen LogP contribution in [-0.2, 0) is 11.3 Å². The molecule has 7 nitrogen and oxygen atoms in total. The predicted octanol–water partition coefficient (Wildman–Crippen LogP) is 1.18. The molecule has 0 aliphatic heterocycles. The van der Waals surface area contributed by atoms with Gasteiger partial charge in [0.1, 0.15) is 6.54 Å². The molecule has 110 valence electrons. The Balaban J connectivity index is 1.96. The number of carboxylic acids is 1. The van der Waals surface area contributed by atoms with Crippen LogP contribution < -0.4 is 10.2 Å². The maximum absolute atomic E-state index is 12.1. The molecule has 0 saturated heterocycles. The van der Waals surface area contributed by atoms with E-state index in [1.807, 2.05) is 4.57 Å². The molecule has 0 unspecified atom stereocenters. The lowest BCUT2D eigenvalue weighted by Gasteiger charge is -2.21. The summed E-state index contributed by atoms with van der Waals surface area (Å²) in [5, 5.41) is 11.6. The van der Waals surface area contributed by atoms with Gasteiger partial charge in [-0.3, -0.25) is 9.69 Å². The predicted molar refractivity (Wildman–Crippen MR) is 77.0 cm³/mol. The van der Waals surface area contributed by atoms with Crippen LogP contribution in [0.4, 0.5) is 10.5 Å². The smallest absolute Gasteiger partial charge is 0.323 e. The molecule has 2 rings (SSSR count). The molecule has 0 aliphatic rings. The Bertz CT molecular complexity index is 584. The van der Waals surface area contributed by atoms with E-state index in [2.05, 4.69) is 10.3 Å². The Labute approximate surface area is 121 Å². The number of hydrogen-bond donors (Lipinski definition) is 2. The van der Waals surface area contributed by atoms with Crippen LogP contribution in [0.5, 0.6) is 0 Å². The fraction of sp³-hybridized carbons (Fsp3) is 0.214. The van der Waals surface area contributed by atoms with E-state index >= 15 is 0 Å². The molecular formula is C14H16N4O3. The molecule has 0 atom stereocenters. The summed E-state index contributed by atoms with van der Waals surface area (Å²) >= 11 is 0. The van der Waals surface area contributed by atoms with Crippen LogP contribution in [0.2, 0.25) is 0 Å². The Morgan fingerprint density at radius 2 is 2.05 bits per heavy atom. The summed E-state index contributed by atoms with van der Waals surface area (Å²) < 4.78 is 1.82. The van der Waals surface area contributed by atoms with Crippen molar-refractivity contribution < 1.29 is 14.7 Å². The molecule has 1 aromatic heterocycles. The number of nitrogens with one attached hydrogen (secondary N) is 1. The van der Waals surface area contributed by atoms with E-state index in [0.717, 1.165) is 0 Å². The monoisotopic (exact) mass is 288 g/mol. The van der Waals surface area contributed by atoms with Gasteiger partial charge in [-0.2, -0.15) is 0 Å². The average molecular weight is 288 g/mol. The number of para-hydroxylation sites is 1. The second-order valence-corrected chi connectivity index (χ2v) is 4.35. The summed E-state index contributed by atoms with van der Waals surface area (Å²) in [5.74, 6) is -1.07. The summed E-state index contributed by atoms with van der Waals surface area (Å²) in [5.41, 5.74) is 0.542. The Hall–Kier alpha value is -2.83. The lowest BCUT2D eigenvalue weighted by atomic mass is 10.3. The van der Waals surface area contributed by atoms with Gasteiger partial charge in [-0.25, -0.2) is 9.78 Å². The van der Waals surface area contributed by atoms with Gasteiger partial charge in [0.05, 0.1) is 6.33 Å². The fourth-order valence-corrected chi connectivity index (χ4v) is 1.83. The number of carboxylic acid groups (broad SMARTS) is 1. The molecule has 0 spiro atoms. The number of carbonyl (C=O) groups is 2. The first-order valence-electron chi connectivity index (χ1n) is 6.45. The number of imidazole rings is 1. The SMILES string of the molecule is O=C(O)CN(C(=O)NCCn1ccnc1)c1ccccc1. The third kappa shape index (κ3) is 4.34. The highest BCUT2D eigenvalue weighted by molar-refractivity contribution is 5.96. The summed E-state index contributed by atoms with van der Waals surface area (Å²) in [4.78, 5) is 28.1. The minimum absolute atomic E-state index is 0.387. The van der Waals surface area contributed by atoms with E-state index in [1.54, 1.807) is 49.1 Å². The van der Waals surface area contributed by atoms with E-state index in [-0.39, 0.29) is 6.54 Å². The van der Waals surface area contributed by atoms with Crippen LogP contribution >= 0.6 is 0 Å². The zero-order chi connectivity index (χ0) is 15.1. The van der Waals surface area contributed by atoms with Crippen molar-refractivity contribution >= 4 is 17.7 Å². The van der Waals surface area contributed by atoms with Crippen LogP contribution in [0.1, 0.15) is 0 Å². The van der Waals surface area contributed by atoms with Gasteiger partial charge in [0, 0.05) is 31.2 Å². The molecule has 0 saturated carbocycles. The molecule has 0 radical (unpaired) electrons. The number of hydrogen-bond acceptors (Lipinski definition) is 3. The van der Waals surface area contributed by atoms with E-state index in [9.17, 15) is 9.59 Å². The largest absolute Gasteiger partial charge is 0.480 e. The van der Waals surface area contributed by atoms with Crippen LogP contribution in [0.3, 0.4) is 0 Å². The van der Waals surface area contributed by atoms with E-state index < -0.39 is 12.0 Å². The number of rotatable bonds is 6. The zero-order valence-corrected chi connectivity index (χ0v) is 11.3. The van der Waals surface area contributed by atoms with Crippen molar-refractivity contribution in [1.82, 2.24) is 14.9 Å². The summed E-state index contributed by atoms with van der Waals surface area (Å²) in [6.45, 7) is 0.570. The minimum Gasteiger partial charge on any atom is -0.480 e. The van der Waals surface area contributed by atoms with Crippen molar-refractivity contribution in [3.05, 3.63) is 49.1 Å². The lowest BCUT2D eigenvalue weighted by Crippen LogP contribution is -2.43. The Kier molecular flexibility index (Phi) is 4.92. The maximum Gasteiger partial charge on any atom is 0.323 e. The van der Waals surface area contributed by atoms with Gasteiger partial charge in [0.2, 0.25) is 0 Å². The van der Waals surface area contributed by atoms with E-state index in [1.165, 1.54) is 4.90 Å². The van der Waals surface area contributed by atoms with Crippen molar-refractivity contribution in [1.29, 1.82) is 0 Å². The van der Waals surface area contributed by atoms with Gasteiger partial charge in [-0.1, -0.05) is 18.2 Å². The van der Waals surface area contributed by atoms with E-state index in [0.29, 0.717) is 18.8 Å². The molecule has 7 heteroatoms. The topological polar surface area (TPSA) is 87.5 Å². The van der Waals surface area contributed by atoms with Gasteiger partial charge in [0.15, 0.2) is 0 Å². The molecule has 2 aromatic rings. The second kappa shape index (κ2) is 7.09. The highest BCUT2D eigenvalue weighted by Gasteiger charge is 2.17. The molecule has 0 bridgehead atoms. The molecule has 21 heavy (non-hydrogen) atoms. The number of aliphatic carboxylic acids is 1. The van der Waals surface area contributed by atoms with Gasteiger partial charge < -0.3 is 15.0 Å². The number of carbonyl (C=O) groups excluding carboxylic acids is 1. The standard InChI is InChI=1S/C14H16N4O3/c19-13(20)10-18(12-4-2-1-3-5-12)14(21)16-7-9-17-8-6-15-11-17/h1-6,8,11H,7,9-10H2,(H,16,21)(H,19,20). The molecule has 0 fully saturated rings. The first kappa shape index (κ1) is 14.6. The lowest BCUT2D eigenvalue weighted by molar-refractivity contribution is -0.135. The van der Waals surface area contributed by atoms with Crippen molar-refractivity contribution in [2.24, 2.45) is 0 Å². The third-order valence-electron chi connectivity index (χ3n) is 2.81. The zero-order valence-electron chi connectivity index (χ0n) is 11.3. The van der Waals surface area contributed by atoms with Crippen molar-refractivity contribution in [2.45, 2.75) is 6.54 Å². The molecule has 2 amide bonds. The number of amides is 2. The van der Waals surface area contributed by atoms with Crippen LogP contribution in [0.25, 0.3) is 0 Å². The van der Waals surface area contributed by atoms with Crippen molar-refractivity contribution in [3.8, 4) is 0 Å². The second-order valence-electron chi connectivity index (χ2n) is 4.35. The average Bonchev–Trinajstić information content (AvgIpc) is 2.98. The highest BCUT2D eigenvalue weighted by Crippen LogP contribution is 2.12. The molecule has 1 aromatic carbocycles. The van der Waals surface area contributed by atoms with Gasteiger partial charge in [-0.05, 0) is 12.1 Å². The maximum atomic E-state index is 12.1. The van der Waals surface area contributed by atoms with Gasteiger partial charge >= 0.3 is 12.0 Å². The Morgan fingerprint density at radius 3 is 2.67 bits per heavy atom. The fourth-order valence-electron chi connectivity index (χ4n) is 1.83. The third-order valence-corrected chi connectivity index (χ3v) is 2.81.